The van der Waals surface area contributed by atoms with Crippen LogP contribution in [0.3, 0.4) is 0 Å². The molecule has 4 heterocycles. The summed E-state index contributed by atoms with van der Waals surface area (Å²) in [7, 11) is 0. The highest BCUT2D eigenvalue weighted by Crippen LogP contribution is 2.53. The van der Waals surface area contributed by atoms with Gasteiger partial charge < -0.3 is 39.1 Å². The second-order valence-electron chi connectivity index (χ2n) is 15.8. The van der Waals surface area contributed by atoms with Crippen LogP contribution in [0, 0.1) is 48.1 Å². The standard InChI is InChI=1S/C41H42N6O15S/c1-22-34-33(23(2)48)38(50)44(34)35(39(51)60-19-24-3-9-28(10-4-24)45(54)55)37(22)63-31-15-32(43(18-31)41(53)62-21-26-7-13-30(14-8-26)47(58)59)36(49)27-16-42(17-27)40(52)61-20-25-5-11-29(12-6-25)46(56)57/h3-14,22-23,27,31-34,36,48-49H,15-21H2,1-2H3/t22-,23-,31+,32+,33-,34-,36?/m1/s1. The first-order chi connectivity index (χ1) is 30.0. The fraction of sp³-hybridized carbons (Fsp3) is 0.415. The Morgan fingerprint density at radius 2 is 1.21 bits per heavy atom. The van der Waals surface area contributed by atoms with Gasteiger partial charge in [-0.1, -0.05) is 6.92 Å². The molecule has 0 radical (unpaired) electrons. The van der Waals surface area contributed by atoms with Gasteiger partial charge in [0, 0.05) is 78.0 Å². The third-order valence-corrected chi connectivity index (χ3v) is 13.2. The van der Waals surface area contributed by atoms with Crippen LogP contribution in [0.25, 0.3) is 0 Å². The Bertz CT molecular complexity index is 2320. The number of β-lactam (4-membered cyclic amide) rings is 1. The summed E-state index contributed by atoms with van der Waals surface area (Å²) in [5.41, 5.74) is 1.06. The molecular formula is C41H42N6O15S. The second kappa shape index (κ2) is 18.4. The third-order valence-electron chi connectivity index (χ3n) is 11.7. The molecule has 3 fully saturated rings. The van der Waals surface area contributed by atoms with E-state index in [0.29, 0.717) is 21.6 Å². The van der Waals surface area contributed by atoms with Gasteiger partial charge in [0.1, 0.15) is 25.5 Å². The summed E-state index contributed by atoms with van der Waals surface area (Å²) in [4.78, 5) is 90.0. The molecule has 3 saturated heterocycles. The molecule has 0 spiro atoms. The van der Waals surface area contributed by atoms with Crippen molar-refractivity contribution >= 4 is 52.9 Å². The number of nitro groups is 3. The van der Waals surface area contributed by atoms with E-state index in [1.54, 1.807) is 0 Å². The van der Waals surface area contributed by atoms with Gasteiger partial charge in [-0.05, 0) is 66.4 Å². The number of carbonyl (C=O) groups excluding carboxylic acids is 4. The zero-order valence-corrected chi connectivity index (χ0v) is 34.6. The van der Waals surface area contributed by atoms with E-state index in [2.05, 4.69) is 0 Å². The summed E-state index contributed by atoms with van der Waals surface area (Å²) in [6, 6.07) is 15.0. The molecule has 3 aromatic rings. The number of nitro benzene ring substituents is 3. The van der Waals surface area contributed by atoms with E-state index < -0.39 is 86.1 Å². The maximum Gasteiger partial charge on any atom is 0.410 e. The van der Waals surface area contributed by atoms with Crippen LogP contribution in [0.15, 0.2) is 83.4 Å². The number of benzene rings is 3. The number of esters is 1. The van der Waals surface area contributed by atoms with Crippen molar-refractivity contribution in [3.63, 3.8) is 0 Å². The van der Waals surface area contributed by atoms with Crippen molar-refractivity contribution < 1.29 is 58.4 Å². The molecular weight excluding hydrogens is 849 g/mol. The minimum atomic E-state index is -1.16. The molecule has 22 heteroatoms. The first-order valence-electron chi connectivity index (χ1n) is 19.8. The van der Waals surface area contributed by atoms with Crippen LogP contribution in [-0.4, -0.2) is 113 Å². The van der Waals surface area contributed by atoms with Gasteiger partial charge in [0.2, 0.25) is 5.91 Å². The van der Waals surface area contributed by atoms with Crippen molar-refractivity contribution in [2.75, 3.05) is 19.6 Å². The summed E-state index contributed by atoms with van der Waals surface area (Å²) < 4.78 is 16.7. The molecule has 0 saturated carbocycles. The topological polar surface area (TPSA) is 276 Å². The number of hydrogen-bond acceptors (Lipinski definition) is 16. The van der Waals surface area contributed by atoms with E-state index in [9.17, 15) is 59.7 Å². The predicted molar refractivity (Wildman–Crippen MR) is 219 cm³/mol. The number of ether oxygens (including phenoxy) is 3. The number of rotatable bonds is 15. The van der Waals surface area contributed by atoms with E-state index >= 15 is 0 Å². The van der Waals surface area contributed by atoms with Crippen molar-refractivity contribution in [2.45, 2.75) is 69.6 Å². The average molecular weight is 891 g/mol. The maximum absolute atomic E-state index is 13.9. The Labute approximate surface area is 362 Å². The van der Waals surface area contributed by atoms with Crippen molar-refractivity contribution in [1.29, 1.82) is 0 Å². The molecule has 3 amide bonds. The number of likely N-dealkylation sites (tertiary alicyclic amines) is 2. The summed E-state index contributed by atoms with van der Waals surface area (Å²) in [6.45, 7) is 2.89. The number of hydrogen-bond donors (Lipinski definition) is 2. The molecule has 1 unspecified atom stereocenters. The van der Waals surface area contributed by atoms with Gasteiger partial charge in [0.25, 0.3) is 17.1 Å². The lowest BCUT2D eigenvalue weighted by molar-refractivity contribution is -0.385. The molecule has 332 valence electrons. The lowest BCUT2D eigenvalue weighted by Gasteiger charge is -2.46. The molecule has 0 aromatic heterocycles. The highest BCUT2D eigenvalue weighted by Gasteiger charge is 2.61. The smallest absolute Gasteiger partial charge is 0.410 e. The molecule has 3 aromatic carbocycles. The zero-order valence-electron chi connectivity index (χ0n) is 33.8. The molecule has 7 rings (SSSR count). The number of amides is 3. The van der Waals surface area contributed by atoms with Gasteiger partial charge in [-0.2, -0.15) is 0 Å². The van der Waals surface area contributed by atoms with Gasteiger partial charge >= 0.3 is 18.2 Å². The molecule has 4 aliphatic rings. The Morgan fingerprint density at radius 3 is 1.67 bits per heavy atom. The fourth-order valence-electron chi connectivity index (χ4n) is 8.31. The number of fused-ring (bicyclic) bond motifs is 1. The Hall–Kier alpha value is -6.65. The van der Waals surface area contributed by atoms with E-state index in [1.807, 2.05) is 6.92 Å². The Morgan fingerprint density at radius 1 is 0.746 bits per heavy atom. The summed E-state index contributed by atoms with van der Waals surface area (Å²) in [6.07, 6.45) is -3.44. The van der Waals surface area contributed by atoms with Gasteiger partial charge in [-0.15, -0.1) is 11.8 Å². The van der Waals surface area contributed by atoms with Crippen LogP contribution in [0.1, 0.15) is 37.0 Å². The van der Waals surface area contributed by atoms with E-state index in [0.717, 1.165) is 0 Å². The number of thioether (sulfide) groups is 1. The van der Waals surface area contributed by atoms with Crippen LogP contribution in [0.2, 0.25) is 0 Å². The van der Waals surface area contributed by atoms with Crippen LogP contribution >= 0.6 is 11.8 Å². The molecule has 7 atom stereocenters. The lowest BCUT2D eigenvalue weighted by atomic mass is 9.79. The molecule has 63 heavy (non-hydrogen) atoms. The number of nitrogens with zero attached hydrogens (tertiary/aromatic N) is 6. The Kier molecular flexibility index (Phi) is 12.9. The largest absolute Gasteiger partial charge is 0.456 e. The third kappa shape index (κ3) is 9.27. The second-order valence-corrected chi connectivity index (χ2v) is 17.1. The summed E-state index contributed by atoms with van der Waals surface area (Å²) in [5, 5.41) is 55.0. The molecule has 0 aliphatic carbocycles. The van der Waals surface area contributed by atoms with Crippen molar-refractivity contribution in [2.24, 2.45) is 17.8 Å². The van der Waals surface area contributed by atoms with E-state index in [1.165, 1.54) is 106 Å². The normalized spacial score (nSPS) is 22.7. The first-order valence-corrected chi connectivity index (χ1v) is 20.7. The van der Waals surface area contributed by atoms with Crippen LogP contribution in [0.4, 0.5) is 26.7 Å². The number of non-ortho nitro benzene ring substituents is 3. The van der Waals surface area contributed by atoms with E-state index in [-0.39, 0.29) is 68.6 Å². The highest BCUT2D eigenvalue weighted by atomic mass is 32.2. The zero-order chi connectivity index (χ0) is 45.3. The first kappa shape index (κ1) is 44.4. The minimum absolute atomic E-state index is 0.0144. The lowest BCUT2D eigenvalue weighted by Crippen LogP contribution is -2.63. The molecule has 2 N–H and O–H groups in total. The van der Waals surface area contributed by atoms with Gasteiger partial charge in [-0.25, -0.2) is 14.4 Å². The maximum atomic E-state index is 13.9. The number of carbonyl (C=O) groups is 4. The Balaban J connectivity index is 1.07. The molecule has 21 nitrogen and oxygen atoms in total. The fourth-order valence-corrected chi connectivity index (χ4v) is 9.84. The molecule has 0 bridgehead atoms. The van der Waals surface area contributed by atoms with Crippen LogP contribution in [-0.2, 0) is 43.6 Å². The van der Waals surface area contributed by atoms with Gasteiger partial charge in [0.15, 0.2) is 0 Å². The van der Waals surface area contributed by atoms with Crippen molar-refractivity contribution in [3.8, 4) is 0 Å². The van der Waals surface area contributed by atoms with Gasteiger partial charge in [-0.3, -0.25) is 35.1 Å². The van der Waals surface area contributed by atoms with E-state index in [4.69, 9.17) is 14.2 Å². The predicted octanol–water partition coefficient (Wildman–Crippen LogP) is 4.67. The van der Waals surface area contributed by atoms with Gasteiger partial charge in [0.05, 0.1) is 45.0 Å². The SMILES string of the molecule is C[C@@H](O)[C@H]1C(=O)N2C(C(=O)OCc3ccc([N+](=O)[O-])cc3)=C(S[C@H]3C[C@@H](C(O)C4CN(C(=O)OCc5ccc([N+](=O)[O-])cc5)C4)N(C(=O)OCc4ccc([N+](=O)[O-])cc4)C3)[C@H](C)[C@H]12. The number of aliphatic hydroxyl groups excluding tert-OH is 2. The van der Waals surface area contributed by atoms with Crippen molar-refractivity contribution in [1.82, 2.24) is 14.7 Å². The summed E-state index contributed by atoms with van der Waals surface area (Å²) >= 11 is 1.24. The quantitative estimate of drug-likeness (QED) is 0.0690. The van der Waals surface area contributed by atoms with Crippen molar-refractivity contribution in [3.05, 3.63) is 130 Å². The highest BCUT2D eigenvalue weighted by molar-refractivity contribution is 8.03. The molecule has 4 aliphatic heterocycles. The van der Waals surface area contributed by atoms with Crippen LogP contribution < -0.4 is 0 Å². The minimum Gasteiger partial charge on any atom is -0.456 e. The number of aliphatic hydroxyl groups is 2. The average Bonchev–Trinajstić information content (AvgIpc) is 3.77. The summed E-state index contributed by atoms with van der Waals surface area (Å²) in [5.74, 6) is -3.01. The monoisotopic (exact) mass is 890 g/mol. The van der Waals surface area contributed by atoms with Crippen LogP contribution in [0.5, 0.6) is 0 Å².